The topological polar surface area (TPSA) is 30.7 Å². The van der Waals surface area contributed by atoms with Crippen molar-refractivity contribution in [2.45, 2.75) is 32.7 Å². The van der Waals surface area contributed by atoms with Crippen LogP contribution in [0.25, 0.3) is 0 Å². The summed E-state index contributed by atoms with van der Waals surface area (Å²) in [6.45, 7) is 4.76. The van der Waals surface area contributed by atoms with Crippen LogP contribution in [-0.4, -0.2) is 14.8 Å². The number of hydrogen-bond acceptors (Lipinski definition) is 2. The minimum absolute atomic E-state index is 0.00558. The molecule has 0 aliphatic heterocycles. The number of benzene rings is 1. The predicted molar refractivity (Wildman–Crippen MR) is 73.6 cm³/mol. The monoisotopic (exact) mass is 299 g/mol. The Morgan fingerprint density at radius 3 is 2.30 bits per heavy atom. The third-order valence-corrected chi connectivity index (χ3v) is 3.21. The summed E-state index contributed by atoms with van der Waals surface area (Å²) < 4.78 is 29.2. The lowest BCUT2D eigenvalue weighted by atomic mass is 10.1. The van der Waals surface area contributed by atoms with Gasteiger partial charge < -0.3 is 4.57 Å². The molecule has 0 atom stereocenters. The standard InChI is InChI=1S/C14H16ClF2N3/c1-9(2)8-20-13(18-19-14(20)7-15)6-10-11(16)4-3-5-12(10)17/h3-5,9H,6-8H2,1-2H3. The maximum Gasteiger partial charge on any atom is 0.147 e. The largest absolute Gasteiger partial charge is 0.313 e. The van der Waals surface area contributed by atoms with Crippen LogP contribution in [0.4, 0.5) is 8.78 Å². The van der Waals surface area contributed by atoms with E-state index in [1.165, 1.54) is 18.2 Å². The number of nitrogens with zero attached hydrogens (tertiary/aromatic N) is 3. The smallest absolute Gasteiger partial charge is 0.147 e. The number of rotatable bonds is 5. The van der Waals surface area contributed by atoms with Crippen LogP contribution in [0.15, 0.2) is 18.2 Å². The van der Waals surface area contributed by atoms with Crippen molar-refractivity contribution in [3.05, 3.63) is 47.0 Å². The van der Waals surface area contributed by atoms with E-state index in [9.17, 15) is 8.78 Å². The first kappa shape index (κ1) is 14.9. The Balaban J connectivity index is 2.36. The van der Waals surface area contributed by atoms with E-state index in [4.69, 9.17) is 11.6 Å². The summed E-state index contributed by atoms with van der Waals surface area (Å²) in [5.41, 5.74) is 0.00558. The SMILES string of the molecule is CC(C)Cn1c(CCl)nnc1Cc1c(F)cccc1F. The number of hydrogen-bond donors (Lipinski definition) is 0. The molecule has 0 N–H and O–H groups in total. The van der Waals surface area contributed by atoms with Crippen molar-refractivity contribution >= 4 is 11.6 Å². The maximum absolute atomic E-state index is 13.7. The summed E-state index contributed by atoms with van der Waals surface area (Å²) in [6, 6.07) is 3.82. The van der Waals surface area contributed by atoms with Crippen molar-refractivity contribution in [1.29, 1.82) is 0 Å². The molecule has 1 aromatic heterocycles. The van der Waals surface area contributed by atoms with Gasteiger partial charge in [0, 0.05) is 18.5 Å². The van der Waals surface area contributed by atoms with Crippen LogP contribution in [0, 0.1) is 17.6 Å². The van der Waals surface area contributed by atoms with E-state index < -0.39 is 11.6 Å². The third kappa shape index (κ3) is 3.15. The van der Waals surface area contributed by atoms with Gasteiger partial charge in [-0.15, -0.1) is 21.8 Å². The maximum atomic E-state index is 13.7. The average molecular weight is 300 g/mol. The van der Waals surface area contributed by atoms with E-state index in [0.29, 0.717) is 24.1 Å². The molecule has 0 radical (unpaired) electrons. The molecule has 0 bridgehead atoms. The lowest BCUT2D eigenvalue weighted by Crippen LogP contribution is -2.12. The molecule has 0 spiro atoms. The fourth-order valence-electron chi connectivity index (χ4n) is 2.04. The molecule has 6 heteroatoms. The van der Waals surface area contributed by atoms with E-state index in [-0.39, 0.29) is 17.9 Å². The van der Waals surface area contributed by atoms with Crippen LogP contribution >= 0.6 is 11.6 Å². The van der Waals surface area contributed by atoms with Gasteiger partial charge in [0.25, 0.3) is 0 Å². The highest BCUT2D eigenvalue weighted by Gasteiger charge is 2.16. The zero-order valence-electron chi connectivity index (χ0n) is 11.4. The minimum atomic E-state index is -0.573. The fraction of sp³-hybridized carbons (Fsp3) is 0.429. The first-order valence-electron chi connectivity index (χ1n) is 6.42. The summed E-state index contributed by atoms with van der Waals surface area (Å²) in [5, 5.41) is 7.99. The molecular weight excluding hydrogens is 284 g/mol. The predicted octanol–water partition coefficient (Wildman–Crippen LogP) is 3.54. The van der Waals surface area contributed by atoms with Gasteiger partial charge in [0.1, 0.15) is 23.3 Å². The third-order valence-electron chi connectivity index (χ3n) is 2.97. The lowest BCUT2D eigenvalue weighted by molar-refractivity contribution is 0.495. The molecule has 2 rings (SSSR count). The number of alkyl halides is 1. The molecule has 0 fully saturated rings. The van der Waals surface area contributed by atoms with Gasteiger partial charge in [-0.25, -0.2) is 8.78 Å². The number of halogens is 3. The molecular formula is C14H16ClF2N3. The lowest BCUT2D eigenvalue weighted by Gasteiger charge is -2.12. The molecule has 2 aromatic rings. The summed E-state index contributed by atoms with van der Waals surface area (Å²) in [4.78, 5) is 0. The van der Waals surface area contributed by atoms with Gasteiger partial charge in [0.2, 0.25) is 0 Å². The highest BCUT2D eigenvalue weighted by atomic mass is 35.5. The zero-order valence-corrected chi connectivity index (χ0v) is 12.2. The van der Waals surface area contributed by atoms with Gasteiger partial charge in [-0.05, 0) is 18.1 Å². The molecule has 0 aliphatic carbocycles. The molecule has 0 aliphatic rings. The van der Waals surface area contributed by atoms with Crippen molar-refractivity contribution in [3.8, 4) is 0 Å². The van der Waals surface area contributed by atoms with E-state index in [2.05, 4.69) is 10.2 Å². The second kappa shape index (κ2) is 6.31. The highest BCUT2D eigenvalue weighted by molar-refractivity contribution is 6.16. The van der Waals surface area contributed by atoms with Crippen LogP contribution in [0.5, 0.6) is 0 Å². The van der Waals surface area contributed by atoms with Crippen molar-refractivity contribution in [3.63, 3.8) is 0 Å². The molecule has 3 nitrogen and oxygen atoms in total. The molecule has 0 amide bonds. The van der Waals surface area contributed by atoms with Gasteiger partial charge in [-0.3, -0.25) is 0 Å². The van der Waals surface area contributed by atoms with E-state index in [1.807, 2.05) is 18.4 Å². The van der Waals surface area contributed by atoms with Crippen molar-refractivity contribution < 1.29 is 8.78 Å². The summed E-state index contributed by atoms with van der Waals surface area (Å²) in [6.07, 6.45) is 0.0646. The van der Waals surface area contributed by atoms with Gasteiger partial charge in [0.05, 0.1) is 5.88 Å². The quantitative estimate of drug-likeness (QED) is 0.791. The first-order chi connectivity index (χ1) is 9.52. The molecule has 1 aromatic carbocycles. The Hall–Kier alpha value is -1.49. The first-order valence-corrected chi connectivity index (χ1v) is 6.96. The van der Waals surface area contributed by atoms with E-state index in [0.717, 1.165) is 0 Å². The Bertz CT molecular complexity index is 576. The van der Waals surface area contributed by atoms with Crippen LogP contribution in [0.3, 0.4) is 0 Å². The summed E-state index contributed by atoms with van der Waals surface area (Å²) >= 11 is 5.82. The molecule has 0 saturated carbocycles. The molecule has 0 unspecified atom stereocenters. The van der Waals surface area contributed by atoms with Crippen LogP contribution in [0.2, 0.25) is 0 Å². The number of aromatic nitrogens is 3. The van der Waals surface area contributed by atoms with Gasteiger partial charge in [-0.2, -0.15) is 0 Å². The fourth-order valence-corrected chi connectivity index (χ4v) is 2.23. The normalized spacial score (nSPS) is 11.3. The Morgan fingerprint density at radius 2 is 1.75 bits per heavy atom. The average Bonchev–Trinajstić information content (AvgIpc) is 2.75. The Labute approximate surface area is 121 Å². The van der Waals surface area contributed by atoms with Crippen molar-refractivity contribution in [2.75, 3.05) is 0 Å². The second-order valence-electron chi connectivity index (χ2n) is 5.05. The van der Waals surface area contributed by atoms with Crippen LogP contribution in [0.1, 0.15) is 31.1 Å². The van der Waals surface area contributed by atoms with Gasteiger partial charge in [0.15, 0.2) is 0 Å². The Kier molecular flexibility index (Phi) is 4.70. The second-order valence-corrected chi connectivity index (χ2v) is 5.31. The van der Waals surface area contributed by atoms with Crippen molar-refractivity contribution in [2.24, 2.45) is 5.92 Å². The molecule has 1 heterocycles. The summed E-state index contributed by atoms with van der Waals surface area (Å²) in [7, 11) is 0. The van der Waals surface area contributed by atoms with Crippen molar-refractivity contribution in [1.82, 2.24) is 14.8 Å². The van der Waals surface area contributed by atoms with Crippen LogP contribution < -0.4 is 0 Å². The van der Waals surface area contributed by atoms with Gasteiger partial charge in [-0.1, -0.05) is 19.9 Å². The molecule has 0 saturated heterocycles. The van der Waals surface area contributed by atoms with Gasteiger partial charge >= 0.3 is 0 Å². The molecule has 20 heavy (non-hydrogen) atoms. The van der Waals surface area contributed by atoms with E-state index in [1.54, 1.807) is 0 Å². The Morgan fingerprint density at radius 1 is 1.15 bits per heavy atom. The minimum Gasteiger partial charge on any atom is -0.313 e. The molecule has 108 valence electrons. The highest BCUT2D eigenvalue weighted by Crippen LogP contribution is 2.18. The summed E-state index contributed by atoms with van der Waals surface area (Å²) in [5.74, 6) is 0.579. The zero-order chi connectivity index (χ0) is 14.7. The van der Waals surface area contributed by atoms with Crippen LogP contribution in [-0.2, 0) is 18.8 Å². The van der Waals surface area contributed by atoms with E-state index >= 15 is 0 Å².